The zero-order valence-electron chi connectivity index (χ0n) is 11.8. The number of amides is 1. The Balaban J connectivity index is 1.86. The van der Waals surface area contributed by atoms with Gasteiger partial charge in [0.1, 0.15) is 6.07 Å². The Morgan fingerprint density at radius 3 is 2.64 bits per heavy atom. The van der Waals surface area contributed by atoms with Crippen molar-refractivity contribution in [2.24, 2.45) is 0 Å². The molecule has 108 valence electrons. The molecular formula is C17H14N4O. The van der Waals surface area contributed by atoms with Crippen molar-refractivity contribution in [2.45, 2.75) is 6.42 Å². The van der Waals surface area contributed by atoms with Crippen LogP contribution in [0.3, 0.4) is 0 Å². The summed E-state index contributed by atoms with van der Waals surface area (Å²) in [5.41, 5.74) is 2.31. The van der Waals surface area contributed by atoms with Gasteiger partial charge in [0.2, 0.25) is 5.91 Å². The first kappa shape index (κ1) is 15.1. The number of hydrogen-bond acceptors (Lipinski definition) is 4. The molecule has 0 bridgehead atoms. The number of carbonyl (C=O) groups excluding carboxylic acids is 1. The molecule has 2 aromatic rings. The summed E-state index contributed by atoms with van der Waals surface area (Å²) in [6, 6.07) is 18.0. The van der Waals surface area contributed by atoms with Gasteiger partial charge in [-0.2, -0.15) is 10.5 Å². The molecule has 0 heterocycles. The second kappa shape index (κ2) is 7.47. The highest BCUT2D eigenvalue weighted by atomic mass is 16.1. The van der Waals surface area contributed by atoms with Gasteiger partial charge < -0.3 is 10.6 Å². The van der Waals surface area contributed by atoms with Crippen LogP contribution in [0.5, 0.6) is 0 Å². The fourth-order valence-electron chi connectivity index (χ4n) is 1.92. The van der Waals surface area contributed by atoms with E-state index in [1.54, 1.807) is 42.5 Å². The molecule has 0 saturated carbocycles. The van der Waals surface area contributed by atoms with Crippen molar-refractivity contribution in [2.75, 3.05) is 17.2 Å². The summed E-state index contributed by atoms with van der Waals surface area (Å²) in [5, 5.41) is 23.6. The van der Waals surface area contributed by atoms with Gasteiger partial charge in [0, 0.05) is 18.7 Å². The largest absolute Gasteiger partial charge is 0.384 e. The molecule has 2 N–H and O–H groups in total. The minimum absolute atomic E-state index is 0.174. The summed E-state index contributed by atoms with van der Waals surface area (Å²) in [7, 11) is 0. The van der Waals surface area contributed by atoms with E-state index in [0.29, 0.717) is 23.4 Å². The molecule has 0 spiro atoms. The third-order valence-electron chi connectivity index (χ3n) is 2.99. The van der Waals surface area contributed by atoms with Crippen LogP contribution in [0.1, 0.15) is 17.5 Å². The van der Waals surface area contributed by atoms with Crippen LogP contribution in [0, 0.1) is 22.7 Å². The van der Waals surface area contributed by atoms with Crippen molar-refractivity contribution in [3.8, 4) is 12.1 Å². The van der Waals surface area contributed by atoms with Gasteiger partial charge in [-0.1, -0.05) is 18.2 Å². The summed E-state index contributed by atoms with van der Waals surface area (Å²) in [6.07, 6.45) is 0.260. The summed E-state index contributed by atoms with van der Waals surface area (Å²) >= 11 is 0. The molecule has 2 aromatic carbocycles. The Hall–Kier alpha value is -3.31. The number of benzene rings is 2. The molecule has 2 rings (SSSR count). The minimum Gasteiger partial charge on any atom is -0.384 e. The van der Waals surface area contributed by atoms with Crippen LogP contribution in [0.2, 0.25) is 0 Å². The molecule has 0 unspecified atom stereocenters. The number of hydrogen-bond donors (Lipinski definition) is 2. The zero-order chi connectivity index (χ0) is 15.8. The van der Waals surface area contributed by atoms with E-state index in [1.807, 2.05) is 12.1 Å². The van der Waals surface area contributed by atoms with Gasteiger partial charge in [-0.3, -0.25) is 4.79 Å². The van der Waals surface area contributed by atoms with Gasteiger partial charge >= 0.3 is 0 Å². The molecule has 0 aliphatic heterocycles. The number of carbonyl (C=O) groups is 1. The molecule has 5 heteroatoms. The Morgan fingerprint density at radius 1 is 1.05 bits per heavy atom. The molecule has 5 nitrogen and oxygen atoms in total. The highest BCUT2D eigenvalue weighted by Crippen LogP contribution is 2.14. The fraction of sp³-hybridized carbons (Fsp3) is 0.118. The van der Waals surface area contributed by atoms with E-state index >= 15 is 0 Å². The molecule has 22 heavy (non-hydrogen) atoms. The first-order chi connectivity index (χ1) is 10.7. The first-order valence-corrected chi connectivity index (χ1v) is 6.76. The van der Waals surface area contributed by atoms with Crippen molar-refractivity contribution in [3.05, 3.63) is 59.7 Å². The Labute approximate surface area is 128 Å². The van der Waals surface area contributed by atoms with Crippen LogP contribution in [-0.2, 0) is 4.79 Å². The molecular weight excluding hydrogens is 276 g/mol. The maximum atomic E-state index is 11.9. The van der Waals surface area contributed by atoms with Gasteiger partial charge in [0.15, 0.2) is 0 Å². The smallest absolute Gasteiger partial charge is 0.226 e. The highest BCUT2D eigenvalue weighted by Gasteiger charge is 2.06. The lowest BCUT2D eigenvalue weighted by Crippen LogP contribution is -2.16. The molecule has 0 atom stereocenters. The maximum Gasteiger partial charge on any atom is 0.226 e. The second-order valence-electron chi connectivity index (χ2n) is 4.57. The maximum absolute atomic E-state index is 11.9. The van der Waals surface area contributed by atoms with Crippen LogP contribution in [0.4, 0.5) is 11.4 Å². The van der Waals surface area contributed by atoms with Gasteiger partial charge in [-0.05, 0) is 30.3 Å². The standard InChI is InChI=1S/C17H14N4O/c18-11-13-4-3-6-15(10-13)20-9-8-17(22)21-16-7-2-1-5-14(16)12-19/h1-7,10,20H,8-9H2,(H,21,22). The van der Waals surface area contributed by atoms with Crippen molar-refractivity contribution in [1.82, 2.24) is 0 Å². The lowest BCUT2D eigenvalue weighted by Gasteiger charge is -2.08. The SMILES string of the molecule is N#Cc1cccc(NCCC(=O)Nc2ccccc2C#N)c1. The van der Waals surface area contributed by atoms with Gasteiger partial charge in [0.25, 0.3) is 0 Å². The van der Waals surface area contributed by atoms with E-state index in [0.717, 1.165) is 5.69 Å². The topological polar surface area (TPSA) is 88.7 Å². The van der Waals surface area contributed by atoms with Crippen molar-refractivity contribution >= 4 is 17.3 Å². The van der Waals surface area contributed by atoms with Crippen LogP contribution >= 0.6 is 0 Å². The lowest BCUT2D eigenvalue weighted by atomic mass is 10.2. The normalized spacial score (nSPS) is 9.36. The minimum atomic E-state index is -0.174. The first-order valence-electron chi connectivity index (χ1n) is 6.76. The molecule has 0 aliphatic carbocycles. The van der Waals surface area contributed by atoms with Crippen LogP contribution in [0.15, 0.2) is 48.5 Å². The van der Waals surface area contributed by atoms with E-state index in [4.69, 9.17) is 10.5 Å². The average Bonchev–Trinajstić information content (AvgIpc) is 2.55. The molecule has 0 aliphatic rings. The Kier molecular flexibility index (Phi) is 5.12. The Bertz CT molecular complexity index is 756. The second-order valence-corrected chi connectivity index (χ2v) is 4.57. The summed E-state index contributed by atoms with van der Waals surface area (Å²) in [5.74, 6) is -0.174. The quantitative estimate of drug-likeness (QED) is 0.886. The van der Waals surface area contributed by atoms with Crippen LogP contribution < -0.4 is 10.6 Å². The summed E-state index contributed by atoms with van der Waals surface area (Å²) in [6.45, 7) is 0.440. The summed E-state index contributed by atoms with van der Waals surface area (Å²) < 4.78 is 0. The number of nitriles is 2. The Morgan fingerprint density at radius 2 is 1.86 bits per heavy atom. The molecule has 0 radical (unpaired) electrons. The van der Waals surface area contributed by atoms with Gasteiger partial charge in [-0.25, -0.2) is 0 Å². The fourth-order valence-corrected chi connectivity index (χ4v) is 1.92. The lowest BCUT2D eigenvalue weighted by molar-refractivity contribution is -0.115. The predicted octanol–water partition coefficient (Wildman–Crippen LogP) is 2.87. The third kappa shape index (κ3) is 4.09. The van der Waals surface area contributed by atoms with E-state index in [2.05, 4.69) is 16.7 Å². The van der Waals surface area contributed by atoms with Crippen LogP contribution in [0.25, 0.3) is 0 Å². The van der Waals surface area contributed by atoms with Crippen molar-refractivity contribution in [1.29, 1.82) is 10.5 Å². The van der Waals surface area contributed by atoms with Gasteiger partial charge in [-0.15, -0.1) is 0 Å². The van der Waals surface area contributed by atoms with Crippen molar-refractivity contribution < 1.29 is 4.79 Å². The molecule has 0 saturated heterocycles. The zero-order valence-corrected chi connectivity index (χ0v) is 11.8. The predicted molar refractivity (Wildman–Crippen MR) is 84.1 cm³/mol. The number of para-hydroxylation sites is 1. The number of nitrogens with one attached hydrogen (secondary N) is 2. The number of anilines is 2. The van der Waals surface area contributed by atoms with Crippen molar-refractivity contribution in [3.63, 3.8) is 0 Å². The van der Waals surface area contributed by atoms with E-state index in [9.17, 15) is 4.79 Å². The average molecular weight is 290 g/mol. The molecule has 0 fully saturated rings. The third-order valence-corrected chi connectivity index (χ3v) is 2.99. The van der Waals surface area contributed by atoms with Crippen LogP contribution in [-0.4, -0.2) is 12.5 Å². The monoisotopic (exact) mass is 290 g/mol. The number of rotatable bonds is 5. The van der Waals surface area contributed by atoms with Gasteiger partial charge in [0.05, 0.1) is 22.9 Å². The van der Waals surface area contributed by atoms with E-state index < -0.39 is 0 Å². The molecule has 0 aromatic heterocycles. The van der Waals surface area contributed by atoms with E-state index in [1.165, 1.54) is 0 Å². The number of nitrogens with zero attached hydrogens (tertiary/aromatic N) is 2. The highest BCUT2D eigenvalue weighted by molar-refractivity contribution is 5.92. The molecule has 1 amide bonds. The van der Waals surface area contributed by atoms with E-state index in [-0.39, 0.29) is 12.3 Å². The summed E-state index contributed by atoms with van der Waals surface area (Å²) in [4.78, 5) is 11.9.